The number of piperazine rings is 1. The Morgan fingerprint density at radius 3 is 2.41 bits per heavy atom. The van der Waals surface area contributed by atoms with Crippen LogP contribution in [0.15, 0.2) is 24.3 Å². The predicted molar refractivity (Wildman–Crippen MR) is 72.2 cm³/mol. The van der Waals surface area contributed by atoms with Crippen molar-refractivity contribution in [3.8, 4) is 0 Å². The Balaban J connectivity index is 2.06. The van der Waals surface area contributed by atoms with Crippen LogP contribution in [0.1, 0.15) is 5.56 Å². The van der Waals surface area contributed by atoms with Gasteiger partial charge in [0, 0.05) is 17.2 Å². The first kappa shape index (κ1) is 12.3. The minimum atomic E-state index is -0.00453. The molecule has 0 radical (unpaired) electrons. The van der Waals surface area contributed by atoms with E-state index in [1.54, 1.807) is 11.9 Å². The third kappa shape index (κ3) is 2.96. The maximum atomic E-state index is 11.8. The molecule has 2 amide bonds. The average molecular weight is 344 g/mol. The molecule has 1 aliphatic heterocycles. The van der Waals surface area contributed by atoms with E-state index < -0.39 is 0 Å². The van der Waals surface area contributed by atoms with Gasteiger partial charge >= 0.3 is 0 Å². The molecule has 1 aliphatic rings. The number of hydrogen-bond acceptors (Lipinski definition) is 2. The lowest BCUT2D eigenvalue weighted by Crippen LogP contribution is -2.51. The normalized spacial score (nSPS) is 16.6. The first-order chi connectivity index (χ1) is 8.06. The highest BCUT2D eigenvalue weighted by Gasteiger charge is 2.27. The summed E-state index contributed by atoms with van der Waals surface area (Å²) in [4.78, 5) is 26.3. The molecule has 1 saturated heterocycles. The molecule has 0 aromatic heterocycles. The van der Waals surface area contributed by atoms with E-state index in [1.807, 2.05) is 24.3 Å². The van der Waals surface area contributed by atoms with Gasteiger partial charge in [-0.3, -0.25) is 9.59 Å². The summed E-state index contributed by atoms with van der Waals surface area (Å²) in [7, 11) is 1.66. The second-order valence-electron chi connectivity index (χ2n) is 4.13. The molecule has 0 atom stereocenters. The molecular weight excluding hydrogens is 331 g/mol. The number of nitrogens with zero attached hydrogens (tertiary/aromatic N) is 2. The van der Waals surface area contributed by atoms with Crippen LogP contribution < -0.4 is 0 Å². The Hall–Kier alpha value is -1.11. The number of likely N-dealkylation sites (N-methyl/N-ethyl adjacent to an activating group) is 1. The van der Waals surface area contributed by atoms with E-state index in [1.165, 1.54) is 4.90 Å². The zero-order valence-corrected chi connectivity index (χ0v) is 11.7. The molecule has 2 rings (SSSR count). The molecule has 0 bridgehead atoms. The van der Waals surface area contributed by atoms with Crippen molar-refractivity contribution in [2.45, 2.75) is 6.54 Å². The molecule has 4 nitrogen and oxygen atoms in total. The molecule has 0 aliphatic carbocycles. The van der Waals surface area contributed by atoms with Gasteiger partial charge in [0.15, 0.2) is 0 Å². The SMILES string of the molecule is CN1CC(=O)N(Cc2ccc(I)cc2)CC1=O. The van der Waals surface area contributed by atoms with Crippen LogP contribution >= 0.6 is 22.6 Å². The van der Waals surface area contributed by atoms with Crippen molar-refractivity contribution >= 4 is 34.4 Å². The highest BCUT2D eigenvalue weighted by molar-refractivity contribution is 14.1. The molecule has 0 unspecified atom stereocenters. The van der Waals surface area contributed by atoms with E-state index in [9.17, 15) is 9.59 Å². The molecule has 0 spiro atoms. The minimum absolute atomic E-state index is 0.00453. The number of carbonyl (C=O) groups is 2. The fraction of sp³-hybridized carbons (Fsp3) is 0.333. The molecular formula is C12H13IN2O2. The molecule has 17 heavy (non-hydrogen) atoms. The van der Waals surface area contributed by atoms with Crippen LogP contribution in [0.5, 0.6) is 0 Å². The lowest BCUT2D eigenvalue weighted by atomic mass is 10.2. The Kier molecular flexibility index (Phi) is 3.66. The Labute approximate surface area is 114 Å². The van der Waals surface area contributed by atoms with Crippen molar-refractivity contribution in [1.82, 2.24) is 9.80 Å². The smallest absolute Gasteiger partial charge is 0.242 e. The summed E-state index contributed by atoms with van der Waals surface area (Å²) in [5.74, 6) is 0.000705. The van der Waals surface area contributed by atoms with E-state index in [2.05, 4.69) is 22.6 Å². The van der Waals surface area contributed by atoms with Crippen LogP contribution in [0.4, 0.5) is 0 Å². The van der Waals surface area contributed by atoms with Gasteiger partial charge < -0.3 is 9.80 Å². The van der Waals surface area contributed by atoms with Gasteiger partial charge in [0.05, 0.1) is 6.54 Å². The standard InChI is InChI=1S/C12H13IN2O2/c1-14-7-12(17)15(8-11(14)16)6-9-2-4-10(13)5-3-9/h2-5H,6-8H2,1H3. The monoisotopic (exact) mass is 344 g/mol. The summed E-state index contributed by atoms with van der Waals surface area (Å²) in [5, 5.41) is 0. The average Bonchev–Trinajstić information content (AvgIpc) is 2.29. The first-order valence-corrected chi connectivity index (χ1v) is 6.40. The molecule has 0 saturated carbocycles. The third-order valence-electron chi connectivity index (χ3n) is 2.76. The van der Waals surface area contributed by atoms with Gasteiger partial charge in [-0.1, -0.05) is 12.1 Å². The quantitative estimate of drug-likeness (QED) is 0.754. The van der Waals surface area contributed by atoms with Crippen LogP contribution in [0, 0.1) is 3.57 Å². The number of benzene rings is 1. The van der Waals surface area contributed by atoms with Crippen molar-refractivity contribution in [2.75, 3.05) is 20.1 Å². The highest BCUT2D eigenvalue weighted by atomic mass is 127. The predicted octanol–water partition coefficient (Wildman–Crippen LogP) is 1.09. The summed E-state index contributed by atoms with van der Waals surface area (Å²) < 4.78 is 1.16. The fourth-order valence-corrected chi connectivity index (χ4v) is 2.08. The number of hydrogen-bond donors (Lipinski definition) is 0. The van der Waals surface area contributed by atoms with Crippen LogP contribution in [-0.4, -0.2) is 41.8 Å². The fourth-order valence-electron chi connectivity index (χ4n) is 1.72. The van der Waals surface area contributed by atoms with Crippen LogP contribution in [0.25, 0.3) is 0 Å². The van der Waals surface area contributed by atoms with Crippen molar-refractivity contribution in [2.24, 2.45) is 0 Å². The lowest BCUT2D eigenvalue weighted by molar-refractivity contribution is -0.149. The third-order valence-corrected chi connectivity index (χ3v) is 3.48. The van der Waals surface area contributed by atoms with E-state index >= 15 is 0 Å². The van der Waals surface area contributed by atoms with E-state index in [0.29, 0.717) is 6.54 Å². The molecule has 1 aromatic carbocycles. The summed E-state index contributed by atoms with van der Waals surface area (Å²) >= 11 is 2.24. The second-order valence-corrected chi connectivity index (χ2v) is 5.37. The summed E-state index contributed by atoms with van der Waals surface area (Å²) in [6.07, 6.45) is 0. The van der Waals surface area contributed by atoms with Crippen LogP contribution in [0.2, 0.25) is 0 Å². The topological polar surface area (TPSA) is 40.6 Å². The van der Waals surface area contributed by atoms with Crippen LogP contribution in [0.3, 0.4) is 0 Å². The largest absolute Gasteiger partial charge is 0.335 e. The number of halogens is 1. The van der Waals surface area contributed by atoms with E-state index in [-0.39, 0.29) is 24.9 Å². The molecule has 90 valence electrons. The highest BCUT2D eigenvalue weighted by Crippen LogP contribution is 2.11. The van der Waals surface area contributed by atoms with Gasteiger partial charge in [0.1, 0.15) is 6.54 Å². The second kappa shape index (κ2) is 5.03. The van der Waals surface area contributed by atoms with Gasteiger partial charge in [-0.15, -0.1) is 0 Å². The number of carbonyl (C=O) groups excluding carboxylic acids is 2. The minimum Gasteiger partial charge on any atom is -0.335 e. The van der Waals surface area contributed by atoms with Crippen molar-refractivity contribution in [3.63, 3.8) is 0 Å². The molecule has 1 aromatic rings. The number of amides is 2. The van der Waals surface area contributed by atoms with Crippen molar-refractivity contribution in [1.29, 1.82) is 0 Å². The molecule has 1 fully saturated rings. The van der Waals surface area contributed by atoms with Gasteiger partial charge in [-0.25, -0.2) is 0 Å². The Bertz CT molecular complexity index is 444. The summed E-state index contributed by atoms with van der Waals surface area (Å²) in [5.41, 5.74) is 1.05. The molecule has 5 heteroatoms. The maximum Gasteiger partial charge on any atom is 0.242 e. The van der Waals surface area contributed by atoms with Crippen LogP contribution in [-0.2, 0) is 16.1 Å². The zero-order chi connectivity index (χ0) is 12.4. The van der Waals surface area contributed by atoms with Gasteiger partial charge in [-0.2, -0.15) is 0 Å². The summed E-state index contributed by atoms with van der Waals surface area (Å²) in [6, 6.07) is 7.96. The Morgan fingerprint density at radius 1 is 1.12 bits per heavy atom. The van der Waals surface area contributed by atoms with Crippen molar-refractivity contribution in [3.05, 3.63) is 33.4 Å². The Morgan fingerprint density at radius 2 is 1.76 bits per heavy atom. The first-order valence-electron chi connectivity index (χ1n) is 5.32. The number of rotatable bonds is 2. The van der Waals surface area contributed by atoms with E-state index in [0.717, 1.165) is 9.13 Å². The maximum absolute atomic E-state index is 11.8. The van der Waals surface area contributed by atoms with Gasteiger partial charge in [0.2, 0.25) is 11.8 Å². The van der Waals surface area contributed by atoms with Gasteiger partial charge in [0.25, 0.3) is 0 Å². The molecule has 0 N–H and O–H groups in total. The van der Waals surface area contributed by atoms with Gasteiger partial charge in [-0.05, 0) is 40.3 Å². The summed E-state index contributed by atoms with van der Waals surface area (Å²) in [6.45, 7) is 0.875. The van der Waals surface area contributed by atoms with Crippen molar-refractivity contribution < 1.29 is 9.59 Å². The molecule has 1 heterocycles. The van der Waals surface area contributed by atoms with E-state index in [4.69, 9.17) is 0 Å². The zero-order valence-electron chi connectivity index (χ0n) is 9.52. The lowest BCUT2D eigenvalue weighted by Gasteiger charge is -2.31.